The molecule has 2 atom stereocenters. The molecule has 0 radical (unpaired) electrons. The van der Waals surface area contributed by atoms with Gasteiger partial charge in [0.1, 0.15) is 5.75 Å². The van der Waals surface area contributed by atoms with Gasteiger partial charge < -0.3 is 10.1 Å². The maximum atomic E-state index is 12.6. The number of rotatable bonds is 5. The Morgan fingerprint density at radius 1 is 1.25 bits per heavy atom. The molecule has 0 saturated carbocycles. The van der Waals surface area contributed by atoms with Crippen molar-refractivity contribution in [2.24, 2.45) is 0 Å². The highest BCUT2D eigenvalue weighted by atomic mass is 32.1. The fourth-order valence-electron chi connectivity index (χ4n) is 3.58. The zero-order valence-corrected chi connectivity index (χ0v) is 14.4. The second-order valence-electron chi connectivity index (χ2n) is 6.44. The van der Waals surface area contributed by atoms with Crippen LogP contribution in [0.15, 0.2) is 41.8 Å². The van der Waals surface area contributed by atoms with Crippen LogP contribution in [0.3, 0.4) is 0 Å². The molecule has 1 fully saturated rings. The summed E-state index contributed by atoms with van der Waals surface area (Å²) in [5.41, 5.74) is 1.12. The summed E-state index contributed by atoms with van der Waals surface area (Å²) >= 11 is 1.77. The van der Waals surface area contributed by atoms with E-state index in [4.69, 9.17) is 4.74 Å². The molecule has 5 heteroatoms. The molecule has 2 aliphatic rings. The molecular formula is C19H22N2O2S. The Kier molecular flexibility index (Phi) is 4.54. The van der Waals surface area contributed by atoms with E-state index < -0.39 is 6.10 Å². The van der Waals surface area contributed by atoms with Gasteiger partial charge in [0.2, 0.25) is 0 Å². The number of carbonyl (C=O) groups excluding carboxylic acids is 1. The van der Waals surface area contributed by atoms with Gasteiger partial charge in [0, 0.05) is 17.8 Å². The summed E-state index contributed by atoms with van der Waals surface area (Å²) in [5.74, 6) is 0.832. The van der Waals surface area contributed by atoms with Gasteiger partial charge in [-0.1, -0.05) is 24.3 Å². The Morgan fingerprint density at radius 2 is 2.08 bits per heavy atom. The number of hydrogen-bond donors (Lipinski definition) is 1. The lowest BCUT2D eigenvalue weighted by Crippen LogP contribution is -2.42. The smallest absolute Gasteiger partial charge is 0.261 e. The minimum absolute atomic E-state index is 0.00745. The Hall–Kier alpha value is -1.85. The normalized spacial score (nSPS) is 21.2. The van der Waals surface area contributed by atoms with Gasteiger partial charge >= 0.3 is 0 Å². The fraction of sp³-hybridized carbons (Fsp3) is 0.421. The molecule has 2 unspecified atom stereocenters. The number of benzene rings is 1. The van der Waals surface area contributed by atoms with E-state index in [1.807, 2.05) is 24.3 Å². The third kappa shape index (κ3) is 3.19. The first kappa shape index (κ1) is 15.7. The molecule has 1 saturated heterocycles. The SMILES string of the molecule is O=C(NCC(c1cccs1)N1CCCC1)C1Cc2ccccc2O1. The Labute approximate surface area is 146 Å². The lowest BCUT2D eigenvalue weighted by molar-refractivity contribution is -0.127. The predicted molar refractivity (Wildman–Crippen MR) is 95.4 cm³/mol. The van der Waals surface area contributed by atoms with Gasteiger partial charge in [-0.05, 0) is 49.0 Å². The Morgan fingerprint density at radius 3 is 2.83 bits per heavy atom. The van der Waals surface area contributed by atoms with E-state index in [9.17, 15) is 4.79 Å². The summed E-state index contributed by atoms with van der Waals surface area (Å²) in [6.07, 6.45) is 2.76. The Bertz CT molecular complexity index is 670. The van der Waals surface area contributed by atoms with Crippen LogP contribution in [0.25, 0.3) is 0 Å². The first-order chi connectivity index (χ1) is 11.8. The number of thiophene rings is 1. The average molecular weight is 342 g/mol. The fourth-order valence-corrected chi connectivity index (χ4v) is 4.44. The number of nitrogens with zero attached hydrogens (tertiary/aromatic N) is 1. The van der Waals surface area contributed by atoms with E-state index in [1.165, 1.54) is 17.7 Å². The molecule has 0 spiro atoms. The average Bonchev–Trinajstić information content (AvgIpc) is 3.35. The summed E-state index contributed by atoms with van der Waals surface area (Å²) in [6, 6.07) is 12.4. The number of ether oxygens (including phenoxy) is 1. The van der Waals surface area contributed by atoms with Crippen LogP contribution < -0.4 is 10.1 Å². The molecule has 1 aromatic carbocycles. The summed E-state index contributed by atoms with van der Waals surface area (Å²) in [4.78, 5) is 16.4. The second-order valence-corrected chi connectivity index (χ2v) is 7.42. The standard InChI is InChI=1S/C19H22N2O2S/c22-19(17-12-14-6-1-2-7-16(14)23-17)20-13-15(18-8-5-11-24-18)21-9-3-4-10-21/h1-2,5-8,11,15,17H,3-4,9-10,12-13H2,(H,20,22). The number of carbonyl (C=O) groups is 1. The van der Waals surface area contributed by atoms with Crippen LogP contribution in [0.1, 0.15) is 29.3 Å². The van der Waals surface area contributed by atoms with Crippen molar-refractivity contribution in [3.8, 4) is 5.75 Å². The second kappa shape index (κ2) is 6.95. The molecule has 0 bridgehead atoms. The number of likely N-dealkylation sites (tertiary alicyclic amines) is 1. The van der Waals surface area contributed by atoms with E-state index in [-0.39, 0.29) is 11.9 Å². The summed E-state index contributed by atoms with van der Waals surface area (Å²) in [7, 11) is 0. The number of hydrogen-bond acceptors (Lipinski definition) is 4. The van der Waals surface area contributed by atoms with Crippen LogP contribution in [-0.2, 0) is 11.2 Å². The molecule has 24 heavy (non-hydrogen) atoms. The molecule has 1 N–H and O–H groups in total. The van der Waals surface area contributed by atoms with E-state index in [2.05, 4.69) is 27.7 Å². The highest BCUT2D eigenvalue weighted by molar-refractivity contribution is 7.10. The van der Waals surface area contributed by atoms with Crippen LogP contribution in [0.2, 0.25) is 0 Å². The zero-order valence-electron chi connectivity index (χ0n) is 13.6. The van der Waals surface area contributed by atoms with Crippen LogP contribution in [0.5, 0.6) is 5.75 Å². The summed E-state index contributed by atoms with van der Waals surface area (Å²) in [6.45, 7) is 2.88. The van der Waals surface area contributed by atoms with Gasteiger partial charge in [0.25, 0.3) is 5.91 Å². The van der Waals surface area contributed by atoms with E-state index in [0.29, 0.717) is 13.0 Å². The van der Waals surface area contributed by atoms with Crippen LogP contribution in [-0.4, -0.2) is 36.5 Å². The maximum Gasteiger partial charge on any atom is 0.261 e. The van der Waals surface area contributed by atoms with Crippen molar-refractivity contribution < 1.29 is 9.53 Å². The minimum Gasteiger partial charge on any atom is -0.480 e. The van der Waals surface area contributed by atoms with Gasteiger partial charge in [0.15, 0.2) is 6.10 Å². The maximum absolute atomic E-state index is 12.6. The summed E-state index contributed by atoms with van der Waals surface area (Å²) in [5, 5.41) is 5.23. The van der Waals surface area contributed by atoms with Crippen LogP contribution in [0, 0.1) is 0 Å². The van der Waals surface area contributed by atoms with Gasteiger partial charge in [-0.3, -0.25) is 9.69 Å². The first-order valence-corrected chi connectivity index (χ1v) is 9.49. The van der Waals surface area contributed by atoms with Crippen molar-refractivity contribution in [2.75, 3.05) is 19.6 Å². The molecule has 4 rings (SSSR count). The van der Waals surface area contributed by atoms with E-state index in [1.54, 1.807) is 11.3 Å². The third-order valence-electron chi connectivity index (χ3n) is 4.86. The number of fused-ring (bicyclic) bond motifs is 1. The van der Waals surface area contributed by atoms with Crippen molar-refractivity contribution in [2.45, 2.75) is 31.4 Å². The third-order valence-corrected chi connectivity index (χ3v) is 5.84. The molecule has 2 aromatic rings. The quantitative estimate of drug-likeness (QED) is 0.908. The van der Waals surface area contributed by atoms with Crippen molar-refractivity contribution in [3.63, 3.8) is 0 Å². The molecular weight excluding hydrogens is 320 g/mol. The molecule has 2 aliphatic heterocycles. The first-order valence-electron chi connectivity index (χ1n) is 8.61. The van der Waals surface area contributed by atoms with Crippen molar-refractivity contribution in [1.82, 2.24) is 10.2 Å². The summed E-state index contributed by atoms with van der Waals surface area (Å²) < 4.78 is 5.79. The molecule has 3 heterocycles. The van der Waals surface area contributed by atoms with Gasteiger partial charge in [0.05, 0.1) is 6.04 Å². The molecule has 0 aliphatic carbocycles. The number of nitrogens with one attached hydrogen (secondary N) is 1. The van der Waals surface area contributed by atoms with Crippen molar-refractivity contribution in [1.29, 1.82) is 0 Å². The lowest BCUT2D eigenvalue weighted by atomic mass is 10.1. The molecule has 126 valence electrons. The van der Waals surface area contributed by atoms with Crippen LogP contribution in [0.4, 0.5) is 0 Å². The highest BCUT2D eigenvalue weighted by Crippen LogP contribution is 2.30. The van der Waals surface area contributed by atoms with Gasteiger partial charge in [-0.25, -0.2) is 0 Å². The Balaban J connectivity index is 1.39. The van der Waals surface area contributed by atoms with Crippen molar-refractivity contribution >= 4 is 17.2 Å². The molecule has 1 amide bonds. The van der Waals surface area contributed by atoms with Crippen LogP contribution >= 0.6 is 11.3 Å². The van der Waals surface area contributed by atoms with E-state index in [0.717, 1.165) is 24.4 Å². The predicted octanol–water partition coefficient (Wildman–Crippen LogP) is 3.00. The molecule has 4 nitrogen and oxygen atoms in total. The van der Waals surface area contributed by atoms with Crippen molar-refractivity contribution in [3.05, 3.63) is 52.2 Å². The highest BCUT2D eigenvalue weighted by Gasteiger charge is 2.30. The number of amides is 1. The van der Waals surface area contributed by atoms with Gasteiger partial charge in [-0.15, -0.1) is 11.3 Å². The topological polar surface area (TPSA) is 41.6 Å². The molecule has 1 aromatic heterocycles. The largest absolute Gasteiger partial charge is 0.480 e. The lowest BCUT2D eigenvalue weighted by Gasteiger charge is -2.27. The van der Waals surface area contributed by atoms with E-state index >= 15 is 0 Å². The zero-order chi connectivity index (χ0) is 16.4. The minimum atomic E-state index is -0.398. The number of para-hydroxylation sites is 1. The monoisotopic (exact) mass is 342 g/mol. The van der Waals surface area contributed by atoms with Gasteiger partial charge in [-0.2, -0.15) is 0 Å².